The third-order valence-electron chi connectivity index (χ3n) is 25.8. The minimum atomic E-state index is -0.209. The molecule has 0 spiro atoms. The second-order valence-electron chi connectivity index (χ2n) is 33.4. The second kappa shape index (κ2) is 29.4. The minimum Gasteiger partial charge on any atom is -0.310 e. The maximum atomic E-state index is 4.30. The lowest BCUT2D eigenvalue weighted by atomic mass is 9.77. The Bertz CT molecular complexity index is 7630. The van der Waals surface area contributed by atoms with Gasteiger partial charge in [-0.3, -0.25) is 0 Å². The molecule has 18 aromatic carbocycles. The number of anilines is 6. The number of benzene rings is 18. The van der Waals surface area contributed by atoms with Crippen LogP contribution in [0.3, 0.4) is 0 Å². The van der Waals surface area contributed by atoms with Crippen molar-refractivity contribution in [1.82, 2.24) is 0 Å². The van der Waals surface area contributed by atoms with E-state index in [0.29, 0.717) is 0 Å². The third kappa shape index (κ3) is 12.3. The molecule has 0 unspecified atom stereocenters. The van der Waals surface area contributed by atoms with Gasteiger partial charge in [-0.15, -0.1) is 22.7 Å². The molecule has 0 aliphatic heterocycles. The predicted octanol–water partition coefficient (Wildman–Crippen LogP) is 34.1. The Kier molecular flexibility index (Phi) is 17.8. The molecule has 2 heterocycles. The highest BCUT2D eigenvalue weighted by atomic mass is 32.1. The average Bonchev–Trinajstić information content (AvgIpc) is 1.59. The van der Waals surface area contributed by atoms with E-state index in [9.17, 15) is 0 Å². The summed E-state index contributed by atoms with van der Waals surface area (Å²) < 4.78 is 5.10. The Hall–Kier alpha value is -14.3. The summed E-state index contributed by atoms with van der Waals surface area (Å²) in [6, 6.07) is 145. The van der Waals surface area contributed by atoms with E-state index >= 15 is 0 Å². The molecule has 4 heteroatoms. The van der Waals surface area contributed by atoms with Crippen LogP contribution in [0.4, 0.5) is 34.1 Å². The van der Waals surface area contributed by atoms with Gasteiger partial charge in [-0.2, -0.15) is 0 Å². The number of para-hydroxylation sites is 2. The molecule has 22 rings (SSSR count). The van der Waals surface area contributed by atoms with Crippen LogP contribution in [0.1, 0.15) is 56.9 Å². The quantitative estimate of drug-likeness (QED) is 0.0951. The van der Waals surface area contributed by atoms with Gasteiger partial charge in [-0.1, -0.05) is 338 Å². The number of thiophene rings is 2. The SMILES string of the molecule is C=CC1=C(/C=C\C)C(C)(C)c2c1cccc2-c1ccc(N(c2ccc(-c3ccc4ccccc4c3)cc2)c2ccccc2-c2cccc3sc4cc(-c5ccc6ccc(-c7ccc(-c8ccc(N(c9ccc(-c%10cccc%11c%10C(C)(C)c%10ccccc%10-%11)cc9)c9ccccc9-c9cccc%10sc%11ccccc%11c9%10)cc8)cc7)cc6c5)ccc4c23)cc1. The van der Waals surface area contributed by atoms with Crippen molar-refractivity contribution in [1.29, 1.82) is 0 Å². The van der Waals surface area contributed by atoms with Crippen molar-refractivity contribution in [3.8, 4) is 100 Å². The van der Waals surface area contributed by atoms with Gasteiger partial charge in [0.1, 0.15) is 0 Å². The summed E-state index contributed by atoms with van der Waals surface area (Å²) in [6.45, 7) is 15.9. The van der Waals surface area contributed by atoms with Gasteiger partial charge >= 0.3 is 0 Å². The molecule has 0 N–H and O–H groups in total. The van der Waals surface area contributed by atoms with Gasteiger partial charge in [0.15, 0.2) is 0 Å². The Morgan fingerprint density at radius 1 is 0.264 bits per heavy atom. The smallest absolute Gasteiger partial charge is 0.0540 e. The highest BCUT2D eigenvalue weighted by Crippen LogP contribution is 2.56. The minimum absolute atomic E-state index is 0.135. The zero-order valence-corrected chi connectivity index (χ0v) is 69.7. The normalized spacial score (nSPS) is 13.3. The van der Waals surface area contributed by atoms with Crippen molar-refractivity contribution in [2.75, 3.05) is 9.80 Å². The van der Waals surface area contributed by atoms with Crippen LogP contribution in [0, 0.1) is 0 Å². The molecule has 0 atom stereocenters. The third-order valence-corrected chi connectivity index (χ3v) is 28.0. The van der Waals surface area contributed by atoms with Crippen molar-refractivity contribution < 1.29 is 0 Å². The van der Waals surface area contributed by atoms with Crippen LogP contribution in [0.2, 0.25) is 0 Å². The van der Waals surface area contributed by atoms with Gasteiger partial charge in [-0.25, -0.2) is 0 Å². The Labute approximate surface area is 715 Å². The number of rotatable bonds is 16. The van der Waals surface area contributed by atoms with Gasteiger partial charge in [0.25, 0.3) is 0 Å². The first-order chi connectivity index (χ1) is 59.4. The van der Waals surface area contributed by atoms with E-state index in [1.807, 2.05) is 28.7 Å². The van der Waals surface area contributed by atoms with Crippen molar-refractivity contribution in [3.63, 3.8) is 0 Å². The topological polar surface area (TPSA) is 6.48 Å². The molecule has 20 aromatic rings. The lowest BCUT2D eigenvalue weighted by molar-refractivity contribution is 0.656. The van der Waals surface area contributed by atoms with E-state index in [0.717, 1.165) is 50.8 Å². The molecular weight excluding hydrogens is 1500 g/mol. The van der Waals surface area contributed by atoms with Crippen LogP contribution < -0.4 is 9.80 Å². The molecule has 2 aliphatic rings. The lowest BCUT2D eigenvalue weighted by Crippen LogP contribution is -2.17. The number of hydrogen-bond acceptors (Lipinski definition) is 4. The van der Waals surface area contributed by atoms with E-state index < -0.39 is 0 Å². The van der Waals surface area contributed by atoms with Gasteiger partial charge in [0, 0.05) is 85.1 Å². The maximum Gasteiger partial charge on any atom is 0.0540 e. The van der Waals surface area contributed by atoms with Crippen LogP contribution in [0.5, 0.6) is 0 Å². The van der Waals surface area contributed by atoms with Crippen LogP contribution in [0.25, 0.3) is 168 Å². The lowest BCUT2D eigenvalue weighted by Gasteiger charge is -2.29. The van der Waals surface area contributed by atoms with Crippen molar-refractivity contribution in [2.24, 2.45) is 0 Å². The summed E-state index contributed by atoms with van der Waals surface area (Å²) in [5.41, 5.74) is 35.9. The van der Waals surface area contributed by atoms with Gasteiger partial charge < -0.3 is 9.80 Å². The molecule has 0 saturated carbocycles. The number of allylic oxidation sites excluding steroid dienone is 5. The highest BCUT2D eigenvalue weighted by Gasteiger charge is 2.39. The van der Waals surface area contributed by atoms with Gasteiger partial charge in [0.05, 0.1) is 11.4 Å². The van der Waals surface area contributed by atoms with Gasteiger partial charge in [-0.05, 0) is 254 Å². The Morgan fingerprint density at radius 2 is 0.628 bits per heavy atom. The number of nitrogens with zero attached hydrogens (tertiary/aromatic N) is 2. The summed E-state index contributed by atoms with van der Waals surface area (Å²) in [4.78, 5) is 4.91. The Balaban J connectivity index is 0.567. The predicted molar refractivity (Wildman–Crippen MR) is 523 cm³/mol. The molecule has 121 heavy (non-hydrogen) atoms. The molecule has 0 bridgehead atoms. The fraction of sp³-hybridized carbons (Fsp3) is 0.0598. The number of fused-ring (bicyclic) bond motifs is 12. The summed E-state index contributed by atoms with van der Waals surface area (Å²) in [7, 11) is 0. The zero-order valence-electron chi connectivity index (χ0n) is 68.1. The average molecular weight is 1580 g/mol. The molecule has 574 valence electrons. The van der Waals surface area contributed by atoms with E-state index in [1.165, 1.54) is 179 Å². The summed E-state index contributed by atoms with van der Waals surface area (Å²) in [6.07, 6.45) is 6.45. The van der Waals surface area contributed by atoms with Crippen molar-refractivity contribution in [2.45, 2.75) is 45.4 Å². The largest absolute Gasteiger partial charge is 0.310 e. The van der Waals surface area contributed by atoms with Gasteiger partial charge in [0.2, 0.25) is 0 Å². The maximum absolute atomic E-state index is 4.30. The van der Waals surface area contributed by atoms with Crippen LogP contribution in [0.15, 0.2) is 419 Å². The molecule has 0 fully saturated rings. The number of hydrogen-bond donors (Lipinski definition) is 0. The molecule has 2 aliphatic carbocycles. The van der Waals surface area contributed by atoms with Crippen LogP contribution >= 0.6 is 22.7 Å². The Morgan fingerprint density at radius 3 is 1.18 bits per heavy atom. The first kappa shape index (κ1) is 73.1. The first-order valence-corrected chi connectivity index (χ1v) is 43.6. The van der Waals surface area contributed by atoms with E-state index in [4.69, 9.17) is 0 Å². The molecule has 0 amide bonds. The second-order valence-corrected chi connectivity index (χ2v) is 35.5. The fourth-order valence-electron chi connectivity index (χ4n) is 20.0. The van der Waals surface area contributed by atoms with E-state index in [2.05, 4.69) is 451 Å². The van der Waals surface area contributed by atoms with E-state index in [1.54, 1.807) is 0 Å². The van der Waals surface area contributed by atoms with Crippen LogP contribution in [-0.4, -0.2) is 0 Å². The molecule has 0 radical (unpaired) electrons. The van der Waals surface area contributed by atoms with Crippen molar-refractivity contribution >= 4 is 124 Å². The molecular formula is C117H84N2S2. The summed E-state index contributed by atoms with van der Waals surface area (Å²) in [5.74, 6) is 0. The summed E-state index contributed by atoms with van der Waals surface area (Å²) in [5, 5.41) is 9.99. The van der Waals surface area contributed by atoms with Crippen molar-refractivity contribution in [3.05, 3.63) is 441 Å². The van der Waals surface area contributed by atoms with E-state index in [-0.39, 0.29) is 10.8 Å². The summed E-state index contributed by atoms with van der Waals surface area (Å²) >= 11 is 3.74. The molecule has 2 aromatic heterocycles. The zero-order chi connectivity index (χ0) is 81.2. The molecule has 2 nitrogen and oxygen atoms in total. The fourth-order valence-corrected chi connectivity index (χ4v) is 22.3. The van der Waals surface area contributed by atoms with Crippen LogP contribution in [-0.2, 0) is 10.8 Å². The molecule has 0 saturated heterocycles. The standard InChI is InChI=1S/C117H84N2S2/c1-7-23-104-92(8-2)100-34-19-30-93(114(100)116(104,3)4)80-56-65-91(66-57-80)119(89-63-54-78(55-64-89)83-49-46-74-24-9-10-25-82(74)70-83)107-38-17-13-28-97(107)99-33-22-41-110-113(99)103-69-60-86(73-111(103)121-110)85-51-48-79-47-50-84(71-87(79)72-85)77-44-42-75(43-45-77)76-52-61-88(62-53-76)118(106-37-16-12-27-96(106)98-32-21-40-109-112(98)102-29-14-18-39-108(102)120-109)90-67-58-81(59-68-90)94-31-20-35-101-95-26-11-15-36-105(95)117(5,6)115(94)101/h7-73H,2H2,1,3-6H3/b23-7-. The first-order valence-electron chi connectivity index (χ1n) is 42.0. The monoisotopic (exact) mass is 1580 g/mol. The highest BCUT2D eigenvalue weighted by molar-refractivity contribution is 7.26.